The summed E-state index contributed by atoms with van der Waals surface area (Å²) in [6.45, 7) is 4.40. The lowest BCUT2D eigenvalue weighted by atomic mass is 10.3. The van der Waals surface area contributed by atoms with Gasteiger partial charge < -0.3 is 10.1 Å². The van der Waals surface area contributed by atoms with Crippen molar-refractivity contribution in [1.82, 2.24) is 5.32 Å². The van der Waals surface area contributed by atoms with Crippen molar-refractivity contribution in [2.45, 2.75) is 18.6 Å². The number of hydrogen-bond acceptors (Lipinski definition) is 3. The molecule has 0 saturated heterocycles. The molecule has 3 nitrogen and oxygen atoms in total. The van der Waals surface area contributed by atoms with Crippen molar-refractivity contribution in [3.63, 3.8) is 0 Å². The van der Waals surface area contributed by atoms with E-state index in [0.29, 0.717) is 6.61 Å². The fourth-order valence-corrected chi connectivity index (χ4v) is 1.68. The van der Waals surface area contributed by atoms with Crippen LogP contribution >= 0.6 is 0 Å². The van der Waals surface area contributed by atoms with Gasteiger partial charge in [0, 0.05) is 28.9 Å². The van der Waals surface area contributed by atoms with Crippen LogP contribution in [0.5, 0.6) is 5.75 Å². The lowest BCUT2D eigenvalue weighted by Gasteiger charge is -2.10. The third kappa shape index (κ3) is 6.44. The molecule has 96 valence electrons. The Balaban J connectivity index is 2.00. The van der Waals surface area contributed by atoms with Crippen LogP contribution in [0.4, 0.5) is 0 Å². The van der Waals surface area contributed by atoms with Crippen LogP contribution in [0.1, 0.15) is 13.3 Å². The highest BCUT2D eigenvalue weighted by Crippen LogP contribution is 2.07. The Bertz CT molecular complexity index is 329. The van der Waals surface area contributed by atoms with E-state index in [4.69, 9.17) is 4.74 Å². The van der Waals surface area contributed by atoms with Gasteiger partial charge in [-0.2, -0.15) is 0 Å². The van der Waals surface area contributed by atoms with Gasteiger partial charge in [0.2, 0.25) is 0 Å². The van der Waals surface area contributed by atoms with E-state index in [9.17, 15) is 4.21 Å². The molecule has 1 aromatic carbocycles. The Morgan fingerprint density at radius 2 is 2.06 bits per heavy atom. The first-order valence-corrected chi connectivity index (χ1v) is 7.53. The highest BCUT2D eigenvalue weighted by molar-refractivity contribution is 7.84. The van der Waals surface area contributed by atoms with Crippen molar-refractivity contribution in [1.29, 1.82) is 0 Å². The van der Waals surface area contributed by atoms with Gasteiger partial charge in [-0.05, 0) is 32.0 Å². The fourth-order valence-electron chi connectivity index (χ4n) is 1.33. The summed E-state index contributed by atoms with van der Waals surface area (Å²) < 4.78 is 16.7. The molecule has 0 aliphatic heterocycles. The van der Waals surface area contributed by atoms with Crippen molar-refractivity contribution < 1.29 is 8.95 Å². The topological polar surface area (TPSA) is 38.3 Å². The molecule has 0 saturated carbocycles. The molecule has 0 bridgehead atoms. The molecule has 2 unspecified atom stereocenters. The molecule has 0 fully saturated rings. The molecule has 0 aliphatic carbocycles. The molecule has 1 aromatic rings. The van der Waals surface area contributed by atoms with Crippen molar-refractivity contribution >= 4 is 10.8 Å². The van der Waals surface area contributed by atoms with Gasteiger partial charge in [-0.3, -0.25) is 4.21 Å². The molecule has 0 radical (unpaired) electrons. The normalized spacial score (nSPS) is 14.2. The predicted octanol–water partition coefficient (Wildman–Crippen LogP) is 1.81. The molecule has 0 amide bonds. The number of nitrogens with one attached hydrogen (secondary N) is 1. The van der Waals surface area contributed by atoms with Gasteiger partial charge in [-0.15, -0.1) is 0 Å². The van der Waals surface area contributed by atoms with Crippen LogP contribution in [-0.4, -0.2) is 35.4 Å². The number of ether oxygens (including phenoxy) is 1. The smallest absolute Gasteiger partial charge is 0.119 e. The van der Waals surface area contributed by atoms with Crippen molar-refractivity contribution in [3.8, 4) is 5.75 Å². The summed E-state index contributed by atoms with van der Waals surface area (Å²) in [7, 11) is -0.741. The number of rotatable bonds is 8. The summed E-state index contributed by atoms with van der Waals surface area (Å²) in [6.07, 6.45) is 2.70. The van der Waals surface area contributed by atoms with Crippen LogP contribution in [-0.2, 0) is 10.8 Å². The molecule has 1 N–H and O–H groups in total. The fraction of sp³-hybridized carbons (Fsp3) is 0.538. The molecular weight excluding hydrogens is 234 g/mol. The lowest BCUT2D eigenvalue weighted by Crippen LogP contribution is -2.28. The van der Waals surface area contributed by atoms with Crippen LogP contribution in [0.2, 0.25) is 0 Å². The maximum absolute atomic E-state index is 11.1. The summed E-state index contributed by atoms with van der Waals surface area (Å²) >= 11 is 0. The quantitative estimate of drug-likeness (QED) is 0.720. The average molecular weight is 255 g/mol. The third-order valence-electron chi connectivity index (χ3n) is 2.51. The van der Waals surface area contributed by atoms with Gasteiger partial charge in [0.1, 0.15) is 5.75 Å². The zero-order chi connectivity index (χ0) is 12.5. The zero-order valence-electron chi connectivity index (χ0n) is 10.5. The summed E-state index contributed by atoms with van der Waals surface area (Å²) in [5.74, 6) is 0.913. The van der Waals surface area contributed by atoms with E-state index < -0.39 is 10.8 Å². The Labute approximate surface area is 106 Å². The van der Waals surface area contributed by atoms with E-state index >= 15 is 0 Å². The first-order valence-electron chi connectivity index (χ1n) is 5.91. The molecule has 1 rings (SSSR count). The second-order valence-corrected chi connectivity index (χ2v) is 5.83. The van der Waals surface area contributed by atoms with E-state index in [0.717, 1.165) is 25.3 Å². The summed E-state index contributed by atoms with van der Waals surface area (Å²) in [6, 6.07) is 9.81. The minimum Gasteiger partial charge on any atom is -0.494 e. The predicted molar refractivity (Wildman–Crippen MR) is 73.0 cm³/mol. The van der Waals surface area contributed by atoms with Gasteiger partial charge >= 0.3 is 0 Å². The summed E-state index contributed by atoms with van der Waals surface area (Å²) in [5, 5.41) is 3.49. The molecule has 0 heterocycles. The lowest BCUT2D eigenvalue weighted by molar-refractivity contribution is 0.308. The van der Waals surface area contributed by atoms with E-state index in [2.05, 4.69) is 5.32 Å². The first-order chi connectivity index (χ1) is 8.20. The van der Waals surface area contributed by atoms with Gasteiger partial charge in [0.05, 0.1) is 6.61 Å². The van der Waals surface area contributed by atoms with Crippen molar-refractivity contribution in [3.05, 3.63) is 30.3 Å². The van der Waals surface area contributed by atoms with E-state index in [1.807, 2.05) is 37.3 Å². The Morgan fingerprint density at radius 1 is 1.35 bits per heavy atom. The maximum Gasteiger partial charge on any atom is 0.119 e. The first kappa shape index (κ1) is 14.2. The SMILES string of the molecule is CC(CNCCCOc1ccccc1)S(C)=O. The number of benzene rings is 1. The monoisotopic (exact) mass is 255 g/mol. The van der Waals surface area contributed by atoms with E-state index in [1.165, 1.54) is 0 Å². The minimum absolute atomic E-state index is 0.213. The van der Waals surface area contributed by atoms with E-state index in [-0.39, 0.29) is 5.25 Å². The van der Waals surface area contributed by atoms with Crippen LogP contribution in [0.15, 0.2) is 30.3 Å². The second-order valence-electron chi connectivity index (χ2n) is 4.03. The van der Waals surface area contributed by atoms with Gasteiger partial charge in [0.15, 0.2) is 0 Å². The molecule has 0 spiro atoms. The van der Waals surface area contributed by atoms with Gasteiger partial charge in [0.25, 0.3) is 0 Å². The highest BCUT2D eigenvalue weighted by Gasteiger charge is 2.04. The Morgan fingerprint density at radius 3 is 2.71 bits per heavy atom. The molecule has 0 aromatic heterocycles. The second kappa shape index (κ2) is 8.25. The molecular formula is C13H21NO2S. The summed E-state index contributed by atoms with van der Waals surface area (Å²) in [4.78, 5) is 0. The standard InChI is InChI=1S/C13H21NO2S/c1-12(17(2)15)11-14-9-6-10-16-13-7-4-3-5-8-13/h3-5,7-8,12,14H,6,9-11H2,1-2H3. The molecule has 17 heavy (non-hydrogen) atoms. The van der Waals surface area contributed by atoms with Crippen LogP contribution in [0.3, 0.4) is 0 Å². The van der Waals surface area contributed by atoms with Crippen molar-refractivity contribution in [2.24, 2.45) is 0 Å². The number of para-hydroxylation sites is 1. The van der Waals surface area contributed by atoms with Crippen LogP contribution < -0.4 is 10.1 Å². The Kier molecular flexibility index (Phi) is 6.89. The summed E-state index contributed by atoms with van der Waals surface area (Å²) in [5.41, 5.74) is 0. The third-order valence-corrected chi connectivity index (χ3v) is 3.81. The highest BCUT2D eigenvalue weighted by atomic mass is 32.2. The molecule has 4 heteroatoms. The average Bonchev–Trinajstić information content (AvgIpc) is 2.34. The van der Waals surface area contributed by atoms with Gasteiger partial charge in [-0.1, -0.05) is 18.2 Å². The maximum atomic E-state index is 11.1. The van der Waals surface area contributed by atoms with Crippen LogP contribution in [0.25, 0.3) is 0 Å². The van der Waals surface area contributed by atoms with Gasteiger partial charge in [-0.25, -0.2) is 0 Å². The van der Waals surface area contributed by atoms with Crippen LogP contribution in [0, 0.1) is 0 Å². The Hall–Kier alpha value is -0.870. The minimum atomic E-state index is -0.741. The molecule has 0 aliphatic rings. The largest absolute Gasteiger partial charge is 0.494 e. The molecule has 2 atom stereocenters. The zero-order valence-corrected chi connectivity index (χ0v) is 11.3. The van der Waals surface area contributed by atoms with Crippen molar-refractivity contribution in [2.75, 3.05) is 26.0 Å². The van der Waals surface area contributed by atoms with E-state index in [1.54, 1.807) is 6.26 Å². The number of hydrogen-bond donors (Lipinski definition) is 1.